The largest absolute Gasteiger partial charge is 0.497 e. The van der Waals surface area contributed by atoms with Gasteiger partial charge in [0.05, 0.1) is 12.0 Å². The molecule has 0 spiro atoms. The second-order valence-electron chi connectivity index (χ2n) is 5.29. The third-order valence-corrected chi connectivity index (χ3v) is 5.35. The molecule has 134 valence electrons. The molecule has 0 bridgehead atoms. The standard InChI is InChI=1S/C17H19ClN2O4S/c1-12-11-15(24-2)7-8-16(12)25(22,23)20-10-9-19-17(21)13-3-5-14(18)6-4-13/h3-8,11,20H,9-10H2,1-2H3,(H,19,21). The molecule has 2 N–H and O–H groups in total. The first-order chi connectivity index (χ1) is 11.8. The van der Waals surface area contributed by atoms with Crippen molar-refractivity contribution in [3.63, 3.8) is 0 Å². The number of aryl methyl sites for hydroxylation is 1. The van der Waals surface area contributed by atoms with E-state index < -0.39 is 10.0 Å². The summed E-state index contributed by atoms with van der Waals surface area (Å²) in [5.41, 5.74) is 1.04. The second-order valence-corrected chi connectivity index (χ2v) is 7.46. The summed E-state index contributed by atoms with van der Waals surface area (Å²) in [5, 5.41) is 3.19. The Morgan fingerprint density at radius 1 is 1.12 bits per heavy atom. The summed E-state index contributed by atoms with van der Waals surface area (Å²) < 4.78 is 32.2. The quantitative estimate of drug-likeness (QED) is 0.720. The molecule has 25 heavy (non-hydrogen) atoms. The predicted octanol–water partition coefficient (Wildman–Crippen LogP) is 2.37. The van der Waals surface area contributed by atoms with Crippen molar-refractivity contribution in [3.8, 4) is 5.75 Å². The summed E-state index contributed by atoms with van der Waals surface area (Å²) in [6.07, 6.45) is 0. The Bertz CT molecular complexity index is 851. The van der Waals surface area contributed by atoms with Gasteiger partial charge in [-0.15, -0.1) is 0 Å². The van der Waals surface area contributed by atoms with Crippen molar-refractivity contribution in [2.45, 2.75) is 11.8 Å². The summed E-state index contributed by atoms with van der Waals surface area (Å²) in [5.74, 6) is 0.295. The van der Waals surface area contributed by atoms with Crippen molar-refractivity contribution < 1.29 is 17.9 Å². The fraction of sp³-hybridized carbons (Fsp3) is 0.235. The van der Waals surface area contributed by atoms with Gasteiger partial charge < -0.3 is 10.1 Å². The number of carbonyl (C=O) groups is 1. The van der Waals surface area contributed by atoms with E-state index in [1.54, 1.807) is 43.3 Å². The van der Waals surface area contributed by atoms with Crippen molar-refractivity contribution in [3.05, 3.63) is 58.6 Å². The average molecular weight is 383 g/mol. The van der Waals surface area contributed by atoms with Gasteiger partial charge in [0.15, 0.2) is 0 Å². The second kappa shape index (κ2) is 8.33. The topological polar surface area (TPSA) is 84.5 Å². The minimum atomic E-state index is -3.66. The van der Waals surface area contributed by atoms with Gasteiger partial charge in [-0.05, 0) is 55.0 Å². The number of ether oxygens (including phenoxy) is 1. The summed E-state index contributed by atoms with van der Waals surface area (Å²) in [6, 6.07) is 11.2. The van der Waals surface area contributed by atoms with E-state index in [0.717, 1.165) is 0 Å². The Kier molecular flexibility index (Phi) is 6.41. The van der Waals surface area contributed by atoms with Crippen molar-refractivity contribution >= 4 is 27.5 Å². The minimum Gasteiger partial charge on any atom is -0.497 e. The van der Waals surface area contributed by atoms with Gasteiger partial charge in [-0.3, -0.25) is 4.79 Å². The zero-order valence-electron chi connectivity index (χ0n) is 13.9. The number of benzene rings is 2. The zero-order valence-corrected chi connectivity index (χ0v) is 15.4. The van der Waals surface area contributed by atoms with Crippen molar-refractivity contribution in [2.75, 3.05) is 20.2 Å². The van der Waals surface area contributed by atoms with Crippen LogP contribution in [0.25, 0.3) is 0 Å². The van der Waals surface area contributed by atoms with Gasteiger partial charge in [-0.1, -0.05) is 11.6 Å². The van der Waals surface area contributed by atoms with Crippen LogP contribution in [0.3, 0.4) is 0 Å². The molecule has 0 radical (unpaired) electrons. The number of methoxy groups -OCH3 is 1. The molecule has 0 aliphatic carbocycles. The number of nitrogens with one attached hydrogen (secondary N) is 2. The molecule has 0 heterocycles. The summed E-state index contributed by atoms with van der Waals surface area (Å²) >= 11 is 5.77. The van der Waals surface area contributed by atoms with Crippen LogP contribution in [0.4, 0.5) is 0 Å². The van der Waals surface area contributed by atoms with E-state index in [2.05, 4.69) is 10.0 Å². The molecule has 0 unspecified atom stereocenters. The molecule has 0 aliphatic heterocycles. The van der Waals surface area contributed by atoms with Crippen LogP contribution in [0, 0.1) is 6.92 Å². The number of hydrogen-bond acceptors (Lipinski definition) is 4. The zero-order chi connectivity index (χ0) is 18.4. The third-order valence-electron chi connectivity index (χ3n) is 3.48. The summed E-state index contributed by atoms with van der Waals surface area (Å²) in [4.78, 5) is 12.1. The van der Waals surface area contributed by atoms with Gasteiger partial charge in [-0.2, -0.15) is 0 Å². The lowest BCUT2D eigenvalue weighted by Gasteiger charge is -2.11. The van der Waals surface area contributed by atoms with Crippen LogP contribution >= 0.6 is 11.6 Å². The molecular formula is C17H19ClN2O4S. The Morgan fingerprint density at radius 3 is 2.40 bits per heavy atom. The number of hydrogen-bond donors (Lipinski definition) is 2. The lowest BCUT2D eigenvalue weighted by atomic mass is 10.2. The fourth-order valence-electron chi connectivity index (χ4n) is 2.19. The van der Waals surface area contributed by atoms with E-state index in [9.17, 15) is 13.2 Å². The van der Waals surface area contributed by atoms with Crippen LogP contribution in [0.1, 0.15) is 15.9 Å². The van der Waals surface area contributed by atoms with Gasteiger partial charge in [0, 0.05) is 23.7 Å². The first kappa shape index (κ1) is 19.2. The number of amides is 1. The summed E-state index contributed by atoms with van der Waals surface area (Å²) in [6.45, 7) is 1.93. The van der Waals surface area contributed by atoms with Crippen molar-refractivity contribution in [1.82, 2.24) is 10.0 Å². The van der Waals surface area contributed by atoms with Crippen molar-refractivity contribution in [2.24, 2.45) is 0 Å². The Balaban J connectivity index is 1.90. The minimum absolute atomic E-state index is 0.0765. The highest BCUT2D eigenvalue weighted by Gasteiger charge is 2.16. The lowest BCUT2D eigenvalue weighted by molar-refractivity contribution is 0.0954. The number of carbonyl (C=O) groups excluding carboxylic acids is 1. The highest BCUT2D eigenvalue weighted by molar-refractivity contribution is 7.89. The van der Waals surface area contributed by atoms with Crippen LogP contribution < -0.4 is 14.8 Å². The van der Waals surface area contributed by atoms with Crippen LogP contribution in [-0.2, 0) is 10.0 Å². The van der Waals surface area contributed by atoms with Gasteiger partial charge in [0.25, 0.3) is 5.91 Å². The summed E-state index contributed by atoms with van der Waals surface area (Å²) in [7, 11) is -2.14. The lowest BCUT2D eigenvalue weighted by Crippen LogP contribution is -2.34. The van der Waals surface area contributed by atoms with Crippen LogP contribution in [0.5, 0.6) is 5.75 Å². The number of rotatable bonds is 7. The highest BCUT2D eigenvalue weighted by atomic mass is 35.5. The monoisotopic (exact) mass is 382 g/mol. The molecule has 0 saturated carbocycles. The molecule has 6 nitrogen and oxygen atoms in total. The molecule has 2 aromatic rings. The molecule has 0 atom stereocenters. The highest BCUT2D eigenvalue weighted by Crippen LogP contribution is 2.20. The molecule has 0 aliphatic rings. The molecule has 0 fully saturated rings. The average Bonchev–Trinajstić information content (AvgIpc) is 2.58. The van der Waals surface area contributed by atoms with Gasteiger partial charge in [0.2, 0.25) is 10.0 Å². The van der Waals surface area contributed by atoms with Crippen molar-refractivity contribution in [1.29, 1.82) is 0 Å². The maximum absolute atomic E-state index is 12.3. The molecular weight excluding hydrogens is 364 g/mol. The molecule has 2 aromatic carbocycles. The molecule has 0 saturated heterocycles. The molecule has 8 heteroatoms. The first-order valence-electron chi connectivity index (χ1n) is 7.51. The van der Waals surface area contributed by atoms with Crippen LogP contribution in [-0.4, -0.2) is 34.5 Å². The normalized spacial score (nSPS) is 11.2. The third kappa shape index (κ3) is 5.19. The van der Waals surface area contributed by atoms with Gasteiger partial charge in [-0.25, -0.2) is 13.1 Å². The van der Waals surface area contributed by atoms with E-state index in [-0.39, 0.29) is 23.9 Å². The van der Waals surface area contributed by atoms with E-state index >= 15 is 0 Å². The Hall–Kier alpha value is -2.09. The molecule has 1 amide bonds. The number of sulfonamides is 1. The number of halogens is 1. The maximum atomic E-state index is 12.3. The molecule has 2 rings (SSSR count). The fourth-order valence-corrected chi connectivity index (χ4v) is 3.58. The van der Waals surface area contributed by atoms with Gasteiger partial charge in [0.1, 0.15) is 5.75 Å². The SMILES string of the molecule is COc1ccc(S(=O)(=O)NCCNC(=O)c2ccc(Cl)cc2)c(C)c1. The maximum Gasteiger partial charge on any atom is 0.251 e. The smallest absolute Gasteiger partial charge is 0.251 e. The van der Waals surface area contributed by atoms with E-state index in [1.807, 2.05) is 0 Å². The van der Waals surface area contributed by atoms with Crippen LogP contribution in [0.2, 0.25) is 5.02 Å². The van der Waals surface area contributed by atoms with Gasteiger partial charge >= 0.3 is 0 Å². The van der Waals surface area contributed by atoms with E-state index in [4.69, 9.17) is 16.3 Å². The predicted molar refractivity (Wildman–Crippen MR) is 96.7 cm³/mol. The Morgan fingerprint density at radius 2 is 1.80 bits per heavy atom. The Labute approximate surface area is 152 Å². The van der Waals surface area contributed by atoms with Crippen LogP contribution in [0.15, 0.2) is 47.4 Å². The molecule has 0 aromatic heterocycles. The van der Waals surface area contributed by atoms with E-state index in [0.29, 0.717) is 21.9 Å². The first-order valence-corrected chi connectivity index (χ1v) is 9.37. The van der Waals surface area contributed by atoms with E-state index in [1.165, 1.54) is 13.2 Å².